The molecule has 29 heavy (non-hydrogen) atoms. The lowest BCUT2D eigenvalue weighted by Crippen LogP contribution is -2.15. The summed E-state index contributed by atoms with van der Waals surface area (Å²) < 4.78 is 49.2. The zero-order chi connectivity index (χ0) is 20.9. The van der Waals surface area contributed by atoms with Crippen molar-refractivity contribution in [1.82, 2.24) is 0 Å². The van der Waals surface area contributed by atoms with Crippen LogP contribution in [0.25, 0.3) is 0 Å². The van der Waals surface area contributed by atoms with Crippen LogP contribution in [0.1, 0.15) is 17.3 Å². The summed E-state index contributed by atoms with van der Waals surface area (Å²) in [6, 6.07) is 17.1. The quantitative estimate of drug-likeness (QED) is 0.584. The number of carbonyl (C=O) groups is 1. The summed E-state index contributed by atoms with van der Waals surface area (Å²) in [6.07, 6.45) is 0. The van der Waals surface area contributed by atoms with E-state index in [0.29, 0.717) is 12.4 Å². The van der Waals surface area contributed by atoms with E-state index in [1.54, 1.807) is 25.1 Å². The standard InChI is InChI=1S/C21H18FNO5S/c1-2-27-19-11-3-4-12-20(19)28-29(25,26)18-10-5-7-15(13-18)21(24)23-17-9-6-8-16(22)14-17/h3-14H,2H2,1H3,(H,23,24). The number of carbonyl (C=O) groups excluding carboxylic acids is 1. The second-order valence-electron chi connectivity index (χ2n) is 5.91. The number of anilines is 1. The van der Waals surface area contributed by atoms with Crippen LogP contribution < -0.4 is 14.2 Å². The van der Waals surface area contributed by atoms with Crippen LogP contribution in [0.15, 0.2) is 77.7 Å². The monoisotopic (exact) mass is 415 g/mol. The molecule has 3 rings (SSSR count). The van der Waals surface area contributed by atoms with E-state index in [1.165, 1.54) is 48.5 Å². The molecule has 0 saturated carbocycles. The first-order valence-corrected chi connectivity index (χ1v) is 10.1. The Labute approximate surface area is 168 Å². The molecule has 0 aliphatic carbocycles. The van der Waals surface area contributed by atoms with Gasteiger partial charge in [0.15, 0.2) is 11.5 Å². The molecule has 8 heteroatoms. The van der Waals surface area contributed by atoms with Gasteiger partial charge in [0.2, 0.25) is 0 Å². The highest BCUT2D eigenvalue weighted by atomic mass is 32.2. The Morgan fingerprint density at radius 1 is 0.966 bits per heavy atom. The fraction of sp³-hybridized carbons (Fsp3) is 0.0952. The third-order valence-electron chi connectivity index (χ3n) is 3.82. The minimum Gasteiger partial charge on any atom is -0.490 e. The Hall–Kier alpha value is -3.39. The second kappa shape index (κ2) is 8.74. The van der Waals surface area contributed by atoms with E-state index in [4.69, 9.17) is 8.92 Å². The van der Waals surface area contributed by atoms with Crippen LogP contribution in [0, 0.1) is 5.82 Å². The zero-order valence-corrected chi connectivity index (χ0v) is 16.3. The molecule has 0 atom stereocenters. The molecule has 3 aromatic carbocycles. The number of hydrogen-bond acceptors (Lipinski definition) is 5. The van der Waals surface area contributed by atoms with Gasteiger partial charge in [-0.05, 0) is 55.5 Å². The van der Waals surface area contributed by atoms with Gasteiger partial charge in [0.25, 0.3) is 5.91 Å². The molecule has 0 aliphatic rings. The average molecular weight is 415 g/mol. The molecule has 0 radical (unpaired) electrons. The Morgan fingerprint density at radius 2 is 1.69 bits per heavy atom. The third-order valence-corrected chi connectivity index (χ3v) is 5.05. The molecule has 150 valence electrons. The Balaban J connectivity index is 1.83. The first kappa shape index (κ1) is 20.3. The Morgan fingerprint density at radius 3 is 2.41 bits per heavy atom. The summed E-state index contributed by atoms with van der Waals surface area (Å²) in [6.45, 7) is 2.11. The van der Waals surface area contributed by atoms with Crippen LogP contribution in [0.3, 0.4) is 0 Å². The van der Waals surface area contributed by atoms with E-state index in [-0.39, 0.29) is 21.9 Å². The summed E-state index contributed by atoms with van der Waals surface area (Å²) in [5.41, 5.74) is 0.335. The van der Waals surface area contributed by atoms with Gasteiger partial charge in [-0.1, -0.05) is 24.3 Å². The van der Waals surface area contributed by atoms with Crippen LogP contribution in [-0.2, 0) is 10.1 Å². The molecular formula is C21H18FNO5S. The van der Waals surface area contributed by atoms with E-state index >= 15 is 0 Å². The Kier molecular flexibility index (Phi) is 6.13. The zero-order valence-electron chi connectivity index (χ0n) is 15.5. The van der Waals surface area contributed by atoms with Gasteiger partial charge in [0.1, 0.15) is 10.7 Å². The minimum atomic E-state index is -4.21. The van der Waals surface area contributed by atoms with Crippen molar-refractivity contribution in [2.75, 3.05) is 11.9 Å². The maximum absolute atomic E-state index is 13.3. The summed E-state index contributed by atoms with van der Waals surface area (Å²) in [5.74, 6) is -0.745. The SMILES string of the molecule is CCOc1ccccc1OS(=O)(=O)c1cccc(C(=O)Nc2cccc(F)c2)c1. The van der Waals surface area contributed by atoms with E-state index in [2.05, 4.69) is 5.32 Å². The van der Waals surface area contributed by atoms with Crippen LogP contribution in [0.5, 0.6) is 11.5 Å². The largest absolute Gasteiger partial charge is 0.490 e. The number of rotatable bonds is 7. The average Bonchev–Trinajstić information content (AvgIpc) is 2.69. The molecule has 0 spiro atoms. The van der Waals surface area contributed by atoms with Crippen molar-refractivity contribution in [1.29, 1.82) is 0 Å². The molecule has 0 aromatic heterocycles. The molecule has 0 aliphatic heterocycles. The van der Waals surface area contributed by atoms with Crippen molar-refractivity contribution < 1.29 is 26.5 Å². The fourth-order valence-corrected chi connectivity index (χ4v) is 3.51. The predicted molar refractivity (Wildman–Crippen MR) is 106 cm³/mol. The van der Waals surface area contributed by atoms with Crippen LogP contribution in [-0.4, -0.2) is 20.9 Å². The third kappa shape index (κ3) is 5.11. The lowest BCUT2D eigenvalue weighted by Gasteiger charge is -2.12. The van der Waals surface area contributed by atoms with Crippen molar-refractivity contribution in [3.05, 3.63) is 84.2 Å². The summed E-state index contributed by atoms with van der Waals surface area (Å²) in [7, 11) is -4.21. The molecule has 0 unspecified atom stereocenters. The second-order valence-corrected chi connectivity index (χ2v) is 7.46. The number of para-hydroxylation sites is 2. The van der Waals surface area contributed by atoms with Crippen molar-refractivity contribution >= 4 is 21.7 Å². The molecule has 6 nitrogen and oxygen atoms in total. The normalized spacial score (nSPS) is 11.0. The van der Waals surface area contributed by atoms with E-state index in [0.717, 1.165) is 6.07 Å². The molecule has 1 amide bonds. The van der Waals surface area contributed by atoms with Gasteiger partial charge in [-0.15, -0.1) is 0 Å². The van der Waals surface area contributed by atoms with Gasteiger partial charge >= 0.3 is 10.1 Å². The highest BCUT2D eigenvalue weighted by molar-refractivity contribution is 7.87. The van der Waals surface area contributed by atoms with Crippen molar-refractivity contribution in [3.8, 4) is 11.5 Å². The van der Waals surface area contributed by atoms with Crippen LogP contribution in [0.2, 0.25) is 0 Å². The minimum absolute atomic E-state index is 0.0453. The van der Waals surface area contributed by atoms with Crippen molar-refractivity contribution in [2.24, 2.45) is 0 Å². The van der Waals surface area contributed by atoms with Gasteiger partial charge in [-0.25, -0.2) is 4.39 Å². The van der Waals surface area contributed by atoms with E-state index in [9.17, 15) is 17.6 Å². The first-order valence-electron chi connectivity index (χ1n) is 8.72. The van der Waals surface area contributed by atoms with Crippen LogP contribution in [0.4, 0.5) is 10.1 Å². The number of ether oxygens (including phenoxy) is 1. The first-order chi connectivity index (χ1) is 13.9. The summed E-state index contributed by atoms with van der Waals surface area (Å²) in [4.78, 5) is 12.2. The highest BCUT2D eigenvalue weighted by Gasteiger charge is 2.20. The van der Waals surface area contributed by atoms with E-state index < -0.39 is 21.8 Å². The predicted octanol–water partition coefficient (Wildman–Crippen LogP) is 4.24. The molecule has 0 heterocycles. The number of benzene rings is 3. The lowest BCUT2D eigenvalue weighted by molar-refractivity contribution is 0.102. The number of amides is 1. The fourth-order valence-electron chi connectivity index (χ4n) is 2.52. The molecule has 0 fully saturated rings. The number of hydrogen-bond donors (Lipinski definition) is 1. The molecule has 3 aromatic rings. The maximum atomic E-state index is 13.3. The van der Waals surface area contributed by atoms with Gasteiger partial charge in [-0.2, -0.15) is 8.42 Å². The number of nitrogens with one attached hydrogen (secondary N) is 1. The number of halogens is 1. The molecular weight excluding hydrogens is 397 g/mol. The maximum Gasteiger partial charge on any atom is 0.339 e. The smallest absolute Gasteiger partial charge is 0.339 e. The highest BCUT2D eigenvalue weighted by Crippen LogP contribution is 2.29. The van der Waals surface area contributed by atoms with Crippen molar-refractivity contribution in [2.45, 2.75) is 11.8 Å². The topological polar surface area (TPSA) is 81.7 Å². The Bertz CT molecular complexity index is 1130. The molecule has 1 N–H and O–H groups in total. The van der Waals surface area contributed by atoms with E-state index in [1.807, 2.05) is 0 Å². The van der Waals surface area contributed by atoms with Gasteiger partial charge in [-0.3, -0.25) is 4.79 Å². The van der Waals surface area contributed by atoms with Gasteiger partial charge < -0.3 is 14.2 Å². The molecule has 0 saturated heterocycles. The van der Waals surface area contributed by atoms with Crippen LogP contribution >= 0.6 is 0 Å². The molecule has 0 bridgehead atoms. The van der Waals surface area contributed by atoms with Gasteiger partial charge in [0.05, 0.1) is 6.61 Å². The van der Waals surface area contributed by atoms with Gasteiger partial charge in [0, 0.05) is 11.3 Å². The van der Waals surface area contributed by atoms with Crippen molar-refractivity contribution in [3.63, 3.8) is 0 Å². The summed E-state index contributed by atoms with van der Waals surface area (Å²) >= 11 is 0. The summed E-state index contributed by atoms with van der Waals surface area (Å²) in [5, 5.41) is 2.52. The lowest BCUT2D eigenvalue weighted by atomic mass is 10.2.